The number of thiol groups is 1. The largest absolute Gasteiger partial charge is 0.393 e. The van der Waals surface area contributed by atoms with Gasteiger partial charge in [0.2, 0.25) is 0 Å². The molecule has 0 aromatic heterocycles. The molecule has 1 atom stereocenters. The third kappa shape index (κ3) is 4.03. The molecule has 0 spiro atoms. The molecule has 11 heavy (non-hydrogen) atoms. The first-order chi connectivity index (χ1) is 5.11. The summed E-state index contributed by atoms with van der Waals surface area (Å²) in [5.74, 6) is -0.879. The van der Waals surface area contributed by atoms with Crippen LogP contribution in [-0.4, -0.2) is 17.7 Å². The van der Waals surface area contributed by atoms with E-state index in [2.05, 4.69) is 17.4 Å². The molecule has 4 heteroatoms. The number of esters is 2. The minimum atomic E-state index is -0.560. The number of rotatable bonds is 3. The summed E-state index contributed by atoms with van der Waals surface area (Å²) in [7, 11) is 0. The Morgan fingerprint density at radius 3 is 2.36 bits per heavy atom. The highest BCUT2D eigenvalue weighted by molar-refractivity contribution is 7.80. The van der Waals surface area contributed by atoms with Gasteiger partial charge in [0, 0.05) is 12.7 Å². The molecule has 0 saturated heterocycles. The van der Waals surface area contributed by atoms with E-state index < -0.39 is 11.9 Å². The fourth-order valence-corrected chi connectivity index (χ4v) is 1.00. The Hall–Kier alpha value is -0.510. The van der Waals surface area contributed by atoms with E-state index in [1.165, 1.54) is 6.92 Å². The fraction of sp³-hybridized carbons (Fsp3) is 0.714. The van der Waals surface area contributed by atoms with Crippen LogP contribution in [0.25, 0.3) is 0 Å². The predicted molar refractivity (Wildman–Crippen MR) is 44.4 cm³/mol. The topological polar surface area (TPSA) is 43.4 Å². The number of carbonyl (C=O) groups is 2. The summed E-state index contributed by atoms with van der Waals surface area (Å²) in [6, 6.07) is 0. The fourth-order valence-electron chi connectivity index (χ4n) is 0.595. The van der Waals surface area contributed by atoms with Crippen LogP contribution in [0.2, 0.25) is 0 Å². The molecule has 0 rings (SSSR count). The lowest BCUT2D eigenvalue weighted by molar-refractivity contribution is -0.160. The highest BCUT2D eigenvalue weighted by Gasteiger charge is 2.17. The second-order valence-electron chi connectivity index (χ2n) is 2.20. The lowest BCUT2D eigenvalue weighted by atomic mass is 10.1. The molecule has 0 radical (unpaired) electrons. The standard InChI is InChI=1S/C7H12O3S/c1-3-6(4-11)7(9)10-5(2)8/h6,11H,3-4H2,1-2H3. The molecule has 0 aliphatic rings. The molecule has 0 amide bonds. The van der Waals surface area contributed by atoms with Crippen molar-refractivity contribution in [2.45, 2.75) is 20.3 Å². The van der Waals surface area contributed by atoms with Crippen LogP contribution in [0, 0.1) is 5.92 Å². The Kier molecular flexibility index (Phi) is 4.94. The molecule has 0 aliphatic heterocycles. The van der Waals surface area contributed by atoms with Gasteiger partial charge in [-0.3, -0.25) is 9.59 Å². The third-order valence-corrected chi connectivity index (χ3v) is 1.73. The van der Waals surface area contributed by atoms with E-state index in [-0.39, 0.29) is 5.92 Å². The smallest absolute Gasteiger partial charge is 0.317 e. The lowest BCUT2D eigenvalue weighted by Gasteiger charge is -2.07. The maximum absolute atomic E-state index is 10.9. The summed E-state index contributed by atoms with van der Waals surface area (Å²) in [6.07, 6.45) is 0.648. The van der Waals surface area contributed by atoms with Crippen molar-refractivity contribution in [3.8, 4) is 0 Å². The molecule has 64 valence electrons. The van der Waals surface area contributed by atoms with E-state index >= 15 is 0 Å². The molecule has 0 bridgehead atoms. The minimum absolute atomic E-state index is 0.262. The number of ether oxygens (including phenoxy) is 1. The van der Waals surface area contributed by atoms with Gasteiger partial charge in [-0.1, -0.05) is 6.92 Å². The molecule has 0 aromatic carbocycles. The van der Waals surface area contributed by atoms with Crippen LogP contribution >= 0.6 is 12.6 Å². The van der Waals surface area contributed by atoms with Crippen molar-refractivity contribution < 1.29 is 14.3 Å². The van der Waals surface area contributed by atoms with Crippen LogP contribution in [0.4, 0.5) is 0 Å². The van der Waals surface area contributed by atoms with E-state index in [9.17, 15) is 9.59 Å². The average molecular weight is 176 g/mol. The van der Waals surface area contributed by atoms with Gasteiger partial charge in [0.25, 0.3) is 0 Å². The number of hydrogen-bond donors (Lipinski definition) is 1. The highest BCUT2D eigenvalue weighted by Crippen LogP contribution is 2.06. The number of hydrogen-bond acceptors (Lipinski definition) is 4. The normalized spacial score (nSPS) is 12.3. The van der Waals surface area contributed by atoms with Gasteiger partial charge in [0.15, 0.2) is 0 Å². The zero-order valence-corrected chi connectivity index (χ0v) is 7.56. The molecular weight excluding hydrogens is 164 g/mol. The zero-order chi connectivity index (χ0) is 8.85. The van der Waals surface area contributed by atoms with Gasteiger partial charge in [-0.05, 0) is 6.42 Å². The van der Waals surface area contributed by atoms with E-state index in [4.69, 9.17) is 0 Å². The van der Waals surface area contributed by atoms with E-state index in [0.717, 1.165) is 0 Å². The SMILES string of the molecule is CCC(CS)C(=O)OC(C)=O. The summed E-state index contributed by atoms with van der Waals surface area (Å²) >= 11 is 3.95. The van der Waals surface area contributed by atoms with Gasteiger partial charge < -0.3 is 4.74 Å². The molecule has 0 fully saturated rings. The summed E-state index contributed by atoms with van der Waals surface area (Å²) in [4.78, 5) is 21.2. The summed E-state index contributed by atoms with van der Waals surface area (Å²) < 4.78 is 4.37. The first kappa shape index (κ1) is 10.5. The van der Waals surface area contributed by atoms with Gasteiger partial charge >= 0.3 is 11.9 Å². The van der Waals surface area contributed by atoms with Crippen molar-refractivity contribution in [3.63, 3.8) is 0 Å². The van der Waals surface area contributed by atoms with Crippen molar-refractivity contribution in [2.75, 3.05) is 5.75 Å². The monoisotopic (exact) mass is 176 g/mol. The van der Waals surface area contributed by atoms with Crippen LogP contribution in [-0.2, 0) is 14.3 Å². The van der Waals surface area contributed by atoms with E-state index in [0.29, 0.717) is 12.2 Å². The maximum Gasteiger partial charge on any atom is 0.317 e. The first-order valence-corrected chi connectivity index (χ1v) is 4.08. The summed E-state index contributed by atoms with van der Waals surface area (Å²) in [5.41, 5.74) is 0. The van der Waals surface area contributed by atoms with Crippen molar-refractivity contribution in [2.24, 2.45) is 5.92 Å². The quantitative estimate of drug-likeness (QED) is 0.397. The van der Waals surface area contributed by atoms with Gasteiger partial charge in [0.05, 0.1) is 5.92 Å². The van der Waals surface area contributed by atoms with Gasteiger partial charge in [-0.2, -0.15) is 12.6 Å². The molecule has 0 aromatic rings. The second kappa shape index (κ2) is 5.18. The Morgan fingerprint density at radius 1 is 1.55 bits per heavy atom. The van der Waals surface area contributed by atoms with E-state index in [1.807, 2.05) is 6.92 Å². The van der Waals surface area contributed by atoms with Gasteiger partial charge in [-0.25, -0.2) is 0 Å². The highest BCUT2D eigenvalue weighted by atomic mass is 32.1. The van der Waals surface area contributed by atoms with Crippen molar-refractivity contribution in [3.05, 3.63) is 0 Å². The Bertz CT molecular complexity index is 152. The van der Waals surface area contributed by atoms with Crippen LogP contribution < -0.4 is 0 Å². The Labute approximate surface area is 71.5 Å². The molecule has 0 saturated carbocycles. The van der Waals surface area contributed by atoms with E-state index in [1.54, 1.807) is 0 Å². The van der Waals surface area contributed by atoms with Crippen LogP contribution in [0.3, 0.4) is 0 Å². The lowest BCUT2D eigenvalue weighted by Crippen LogP contribution is -2.20. The summed E-state index contributed by atoms with van der Waals surface area (Å²) in [5, 5.41) is 0. The molecule has 1 unspecified atom stereocenters. The Balaban J connectivity index is 3.89. The molecule has 0 aliphatic carbocycles. The van der Waals surface area contributed by atoms with Gasteiger partial charge in [0.1, 0.15) is 0 Å². The van der Waals surface area contributed by atoms with Crippen LogP contribution in [0.15, 0.2) is 0 Å². The average Bonchev–Trinajstić information content (AvgIpc) is 1.88. The van der Waals surface area contributed by atoms with Crippen molar-refractivity contribution in [1.82, 2.24) is 0 Å². The zero-order valence-electron chi connectivity index (χ0n) is 6.66. The molecule has 0 N–H and O–H groups in total. The third-order valence-electron chi connectivity index (χ3n) is 1.29. The molecular formula is C7H12O3S. The van der Waals surface area contributed by atoms with Crippen molar-refractivity contribution >= 4 is 24.6 Å². The molecule has 3 nitrogen and oxygen atoms in total. The first-order valence-electron chi connectivity index (χ1n) is 3.45. The molecule has 0 heterocycles. The maximum atomic E-state index is 10.9. The van der Waals surface area contributed by atoms with Crippen molar-refractivity contribution in [1.29, 1.82) is 0 Å². The number of carbonyl (C=O) groups excluding carboxylic acids is 2. The predicted octanol–water partition coefficient (Wildman–Crippen LogP) is 1.03. The Morgan fingerprint density at radius 2 is 2.09 bits per heavy atom. The van der Waals surface area contributed by atoms with Gasteiger partial charge in [-0.15, -0.1) is 0 Å². The second-order valence-corrected chi connectivity index (χ2v) is 2.57. The van der Waals surface area contributed by atoms with Crippen LogP contribution in [0.5, 0.6) is 0 Å². The summed E-state index contributed by atoms with van der Waals surface area (Å²) in [6.45, 7) is 3.06. The minimum Gasteiger partial charge on any atom is -0.393 e. The van der Waals surface area contributed by atoms with Crippen LogP contribution in [0.1, 0.15) is 20.3 Å².